The Bertz CT molecular complexity index is 158. The Labute approximate surface area is 74.6 Å². The van der Waals surface area contributed by atoms with Gasteiger partial charge in [0.2, 0.25) is 0 Å². The second-order valence-electron chi connectivity index (χ2n) is 4.48. The zero-order valence-corrected chi connectivity index (χ0v) is 8.05. The summed E-state index contributed by atoms with van der Waals surface area (Å²) in [4.78, 5) is 5.43. The fraction of sp³-hybridized carbons (Fsp3) is 1.00. The van der Waals surface area contributed by atoms with Crippen LogP contribution in [-0.4, -0.2) is 12.1 Å². The van der Waals surface area contributed by atoms with Crippen molar-refractivity contribution in [2.45, 2.75) is 51.7 Å². The minimum Gasteiger partial charge on any atom is -0.299 e. The molecule has 0 bridgehead atoms. The first-order valence-electron chi connectivity index (χ1n) is 5.18. The van der Waals surface area contributed by atoms with Gasteiger partial charge in [-0.15, -0.1) is 0 Å². The molecular formula is C10H19NO. The van der Waals surface area contributed by atoms with Gasteiger partial charge in [0.05, 0.1) is 6.10 Å². The van der Waals surface area contributed by atoms with Gasteiger partial charge < -0.3 is 0 Å². The van der Waals surface area contributed by atoms with Crippen LogP contribution in [0, 0.1) is 11.8 Å². The van der Waals surface area contributed by atoms with Crippen LogP contribution in [-0.2, 0) is 4.84 Å². The van der Waals surface area contributed by atoms with E-state index >= 15 is 0 Å². The number of hydrogen-bond acceptors (Lipinski definition) is 2. The number of fused-ring (bicyclic) bond motifs is 1. The molecule has 3 atom stereocenters. The first kappa shape index (κ1) is 8.52. The van der Waals surface area contributed by atoms with Crippen LogP contribution in [0.4, 0.5) is 0 Å². The molecule has 2 saturated carbocycles. The standard InChI is InChI=1S/C10H19NO/c1-7(2)12-11-10-5-3-4-8-6-9(8)10/h7-11H,3-6H2,1-2H3. The average Bonchev–Trinajstić information content (AvgIpc) is 2.78. The zero-order chi connectivity index (χ0) is 8.55. The molecule has 0 amide bonds. The van der Waals surface area contributed by atoms with Gasteiger partial charge in [-0.1, -0.05) is 12.8 Å². The minimum atomic E-state index is 0.309. The summed E-state index contributed by atoms with van der Waals surface area (Å²) < 4.78 is 0. The van der Waals surface area contributed by atoms with E-state index in [0.29, 0.717) is 12.1 Å². The van der Waals surface area contributed by atoms with Gasteiger partial charge in [-0.2, -0.15) is 5.48 Å². The first-order valence-corrected chi connectivity index (χ1v) is 5.18. The average molecular weight is 169 g/mol. The van der Waals surface area contributed by atoms with E-state index in [4.69, 9.17) is 4.84 Å². The van der Waals surface area contributed by atoms with Gasteiger partial charge in [0.1, 0.15) is 0 Å². The molecule has 2 aliphatic carbocycles. The second kappa shape index (κ2) is 3.35. The molecule has 0 aromatic carbocycles. The molecule has 0 aliphatic heterocycles. The van der Waals surface area contributed by atoms with Gasteiger partial charge in [-0.3, -0.25) is 4.84 Å². The van der Waals surface area contributed by atoms with Crippen LogP contribution in [0.15, 0.2) is 0 Å². The lowest BCUT2D eigenvalue weighted by molar-refractivity contribution is -0.0357. The summed E-state index contributed by atoms with van der Waals surface area (Å²) in [6.07, 6.45) is 5.92. The summed E-state index contributed by atoms with van der Waals surface area (Å²) >= 11 is 0. The molecule has 2 aliphatic rings. The van der Waals surface area contributed by atoms with E-state index in [1.165, 1.54) is 25.7 Å². The molecule has 0 heterocycles. The van der Waals surface area contributed by atoms with Crippen molar-refractivity contribution in [1.29, 1.82) is 0 Å². The van der Waals surface area contributed by atoms with Gasteiger partial charge in [0.15, 0.2) is 0 Å². The predicted octanol–water partition coefficient (Wildman–Crippen LogP) is 2.10. The van der Waals surface area contributed by atoms with Crippen LogP contribution in [0.25, 0.3) is 0 Å². The predicted molar refractivity (Wildman–Crippen MR) is 48.6 cm³/mol. The number of hydrogen-bond donors (Lipinski definition) is 1. The van der Waals surface area contributed by atoms with Crippen LogP contribution in [0.1, 0.15) is 39.5 Å². The Morgan fingerprint density at radius 1 is 1.33 bits per heavy atom. The Morgan fingerprint density at radius 2 is 2.17 bits per heavy atom. The molecule has 0 aromatic heterocycles. The molecule has 70 valence electrons. The maximum absolute atomic E-state index is 5.43. The molecule has 0 spiro atoms. The first-order chi connectivity index (χ1) is 5.77. The third kappa shape index (κ3) is 1.80. The molecule has 0 radical (unpaired) electrons. The largest absolute Gasteiger partial charge is 0.299 e. The van der Waals surface area contributed by atoms with Gasteiger partial charge >= 0.3 is 0 Å². The number of rotatable bonds is 3. The van der Waals surface area contributed by atoms with E-state index in [2.05, 4.69) is 19.3 Å². The second-order valence-corrected chi connectivity index (χ2v) is 4.48. The fourth-order valence-electron chi connectivity index (χ4n) is 2.28. The molecule has 0 aromatic rings. The van der Waals surface area contributed by atoms with E-state index in [1.54, 1.807) is 0 Å². The van der Waals surface area contributed by atoms with Crippen LogP contribution < -0.4 is 5.48 Å². The Kier molecular flexibility index (Phi) is 2.37. The molecular weight excluding hydrogens is 150 g/mol. The van der Waals surface area contributed by atoms with E-state index in [0.717, 1.165) is 11.8 Å². The van der Waals surface area contributed by atoms with Crippen molar-refractivity contribution in [3.05, 3.63) is 0 Å². The van der Waals surface area contributed by atoms with Crippen molar-refractivity contribution in [2.75, 3.05) is 0 Å². The number of nitrogens with one attached hydrogen (secondary N) is 1. The molecule has 3 unspecified atom stereocenters. The summed E-state index contributed by atoms with van der Waals surface area (Å²) in [6, 6.07) is 0.658. The van der Waals surface area contributed by atoms with Crippen molar-refractivity contribution in [3.63, 3.8) is 0 Å². The van der Waals surface area contributed by atoms with Crippen LogP contribution in [0.2, 0.25) is 0 Å². The van der Waals surface area contributed by atoms with Gasteiger partial charge in [0.25, 0.3) is 0 Å². The minimum absolute atomic E-state index is 0.309. The molecule has 2 nitrogen and oxygen atoms in total. The highest BCUT2D eigenvalue weighted by molar-refractivity contribution is 4.97. The van der Waals surface area contributed by atoms with E-state index in [1.807, 2.05) is 0 Å². The highest BCUT2D eigenvalue weighted by atomic mass is 16.7. The highest BCUT2D eigenvalue weighted by Gasteiger charge is 2.45. The molecule has 1 N–H and O–H groups in total. The summed E-state index contributed by atoms with van der Waals surface area (Å²) in [5.74, 6) is 1.98. The summed E-state index contributed by atoms with van der Waals surface area (Å²) in [5.41, 5.74) is 3.21. The topological polar surface area (TPSA) is 21.3 Å². The Morgan fingerprint density at radius 3 is 2.92 bits per heavy atom. The zero-order valence-electron chi connectivity index (χ0n) is 8.05. The van der Waals surface area contributed by atoms with E-state index in [9.17, 15) is 0 Å². The van der Waals surface area contributed by atoms with Crippen LogP contribution >= 0.6 is 0 Å². The molecule has 0 saturated heterocycles. The highest BCUT2D eigenvalue weighted by Crippen LogP contribution is 2.49. The van der Waals surface area contributed by atoms with Gasteiger partial charge in [0, 0.05) is 6.04 Å². The smallest absolute Gasteiger partial charge is 0.0734 e. The van der Waals surface area contributed by atoms with E-state index in [-0.39, 0.29) is 0 Å². The van der Waals surface area contributed by atoms with Crippen molar-refractivity contribution in [2.24, 2.45) is 11.8 Å². The van der Waals surface area contributed by atoms with Crippen molar-refractivity contribution < 1.29 is 4.84 Å². The van der Waals surface area contributed by atoms with Crippen LogP contribution in [0.3, 0.4) is 0 Å². The molecule has 12 heavy (non-hydrogen) atoms. The lowest BCUT2D eigenvalue weighted by atomic mass is 9.96. The number of hydroxylamine groups is 1. The summed E-state index contributed by atoms with van der Waals surface area (Å²) in [5, 5.41) is 0. The van der Waals surface area contributed by atoms with Gasteiger partial charge in [-0.25, -0.2) is 0 Å². The quantitative estimate of drug-likeness (QED) is 0.653. The van der Waals surface area contributed by atoms with Crippen molar-refractivity contribution in [3.8, 4) is 0 Å². The third-order valence-corrected chi connectivity index (χ3v) is 3.04. The monoisotopic (exact) mass is 169 g/mol. The van der Waals surface area contributed by atoms with Crippen molar-refractivity contribution in [1.82, 2.24) is 5.48 Å². The van der Waals surface area contributed by atoms with Gasteiger partial charge in [-0.05, 0) is 38.5 Å². The van der Waals surface area contributed by atoms with E-state index < -0.39 is 0 Å². The normalized spacial score (nSPS) is 39.8. The maximum atomic E-state index is 5.43. The maximum Gasteiger partial charge on any atom is 0.0734 e. The van der Waals surface area contributed by atoms with Crippen LogP contribution in [0.5, 0.6) is 0 Å². The lowest BCUT2D eigenvalue weighted by Gasteiger charge is -2.23. The fourth-order valence-corrected chi connectivity index (χ4v) is 2.28. The van der Waals surface area contributed by atoms with Crippen molar-refractivity contribution >= 4 is 0 Å². The summed E-state index contributed by atoms with van der Waals surface area (Å²) in [6.45, 7) is 4.14. The molecule has 2 heteroatoms. The summed E-state index contributed by atoms with van der Waals surface area (Å²) in [7, 11) is 0. The SMILES string of the molecule is CC(C)ONC1CCCC2CC21. The molecule has 2 rings (SSSR count). The molecule has 2 fully saturated rings. The Balaban J connectivity index is 1.73. The third-order valence-electron chi connectivity index (χ3n) is 3.04. The lowest BCUT2D eigenvalue weighted by Crippen LogP contribution is -2.35. The Hall–Kier alpha value is -0.0800.